The molecule has 0 aliphatic rings. The molecule has 0 N–H and O–H groups in total. The second-order valence-electron chi connectivity index (χ2n) is 3.73. The molecule has 0 spiro atoms. The molecule has 3 aromatic heterocycles. The highest BCUT2D eigenvalue weighted by molar-refractivity contribution is 7.07. The highest BCUT2D eigenvalue weighted by atomic mass is 32.1. The van der Waals surface area contributed by atoms with Crippen molar-refractivity contribution < 1.29 is 4.79 Å². The van der Waals surface area contributed by atoms with Crippen molar-refractivity contribution in [1.29, 1.82) is 0 Å². The van der Waals surface area contributed by atoms with Crippen LogP contribution in [0.4, 0.5) is 0 Å². The van der Waals surface area contributed by atoms with Gasteiger partial charge in [-0.15, -0.1) is 0 Å². The number of carbonyl (C=O) groups is 1. The van der Waals surface area contributed by atoms with Gasteiger partial charge in [-0.05, 0) is 28.5 Å². The van der Waals surface area contributed by atoms with Crippen molar-refractivity contribution in [3.63, 3.8) is 0 Å². The summed E-state index contributed by atoms with van der Waals surface area (Å²) >= 11 is 1.67. The molecule has 3 aromatic rings. The zero-order valence-corrected chi connectivity index (χ0v) is 9.72. The summed E-state index contributed by atoms with van der Waals surface area (Å²) in [6, 6.07) is 3.87. The number of thiophene rings is 1. The van der Waals surface area contributed by atoms with E-state index >= 15 is 0 Å². The molecule has 0 radical (unpaired) electrons. The number of carbonyl (C=O) groups excluding carboxylic acids is 1. The fourth-order valence-corrected chi connectivity index (χ4v) is 2.38. The van der Waals surface area contributed by atoms with Crippen LogP contribution in [0.3, 0.4) is 0 Å². The fraction of sp³-hybridized carbons (Fsp3) is 0.0833. The predicted octanol–water partition coefficient (Wildman–Crippen LogP) is 2.35. The van der Waals surface area contributed by atoms with E-state index in [0.717, 1.165) is 17.3 Å². The van der Waals surface area contributed by atoms with E-state index in [1.165, 1.54) is 5.56 Å². The monoisotopic (exact) mass is 243 g/mol. The van der Waals surface area contributed by atoms with Gasteiger partial charge in [0.05, 0.1) is 12.7 Å². The van der Waals surface area contributed by atoms with Crippen LogP contribution in [0.15, 0.2) is 35.3 Å². The van der Waals surface area contributed by atoms with Gasteiger partial charge in [-0.2, -0.15) is 16.4 Å². The largest absolute Gasteiger partial charge is 0.298 e. The maximum atomic E-state index is 10.6. The number of pyridine rings is 1. The normalized spacial score (nSPS) is 10.8. The van der Waals surface area contributed by atoms with Crippen molar-refractivity contribution in [3.05, 3.63) is 46.4 Å². The lowest BCUT2D eigenvalue weighted by Crippen LogP contribution is -2.01. The predicted molar refractivity (Wildman–Crippen MR) is 66.3 cm³/mol. The Bertz CT molecular complexity index is 658. The molecular formula is C12H9N3OS. The van der Waals surface area contributed by atoms with Crippen molar-refractivity contribution >= 4 is 28.7 Å². The summed E-state index contributed by atoms with van der Waals surface area (Å²) in [5.41, 5.74) is 2.59. The molecule has 5 heteroatoms. The van der Waals surface area contributed by atoms with Crippen LogP contribution in [-0.4, -0.2) is 21.1 Å². The minimum Gasteiger partial charge on any atom is -0.298 e. The Morgan fingerprint density at radius 2 is 2.35 bits per heavy atom. The third-order valence-corrected chi connectivity index (χ3v) is 3.28. The summed E-state index contributed by atoms with van der Waals surface area (Å²) in [5, 5.41) is 9.31. The van der Waals surface area contributed by atoms with Crippen molar-refractivity contribution in [2.75, 3.05) is 0 Å². The van der Waals surface area contributed by atoms with Gasteiger partial charge in [0.15, 0.2) is 11.9 Å². The topological polar surface area (TPSA) is 47.8 Å². The van der Waals surface area contributed by atoms with Gasteiger partial charge in [0, 0.05) is 17.1 Å². The Labute approximate surface area is 102 Å². The first-order valence-electron chi connectivity index (χ1n) is 5.14. The smallest absolute Gasteiger partial charge is 0.158 e. The van der Waals surface area contributed by atoms with Crippen LogP contribution >= 0.6 is 11.3 Å². The lowest BCUT2D eigenvalue weighted by Gasteiger charge is -2.00. The Hall–Kier alpha value is -2.01. The summed E-state index contributed by atoms with van der Waals surface area (Å²) < 4.78 is 1.84. The lowest BCUT2D eigenvalue weighted by molar-refractivity contribution is 0.112. The van der Waals surface area contributed by atoms with Gasteiger partial charge in [-0.3, -0.25) is 4.79 Å². The first-order chi connectivity index (χ1) is 8.36. The molecule has 0 amide bonds. The number of aromatic nitrogens is 3. The first-order valence-corrected chi connectivity index (χ1v) is 6.09. The van der Waals surface area contributed by atoms with E-state index < -0.39 is 0 Å². The van der Waals surface area contributed by atoms with Crippen molar-refractivity contribution in [2.45, 2.75) is 6.54 Å². The molecule has 0 aromatic carbocycles. The van der Waals surface area contributed by atoms with Gasteiger partial charge in [0.1, 0.15) is 0 Å². The molecule has 0 atom stereocenters. The average molecular weight is 243 g/mol. The zero-order valence-electron chi connectivity index (χ0n) is 8.91. The molecule has 0 fully saturated rings. The van der Waals surface area contributed by atoms with Crippen LogP contribution < -0.4 is 0 Å². The second kappa shape index (κ2) is 4.10. The summed E-state index contributed by atoms with van der Waals surface area (Å²) in [5.74, 6) is 0. The van der Waals surface area contributed by atoms with Crippen LogP contribution in [0.2, 0.25) is 0 Å². The standard InChI is InChI=1S/C12H9N3OS/c16-7-10-3-11-5-14-15(12(11)13-4-10)6-9-1-2-17-8-9/h1-5,7-8H,6H2. The Balaban J connectivity index is 2.03. The van der Waals surface area contributed by atoms with E-state index in [2.05, 4.69) is 21.5 Å². The Morgan fingerprint density at radius 1 is 1.41 bits per heavy atom. The molecule has 84 valence electrons. The maximum Gasteiger partial charge on any atom is 0.158 e. The number of nitrogens with zero attached hydrogens (tertiary/aromatic N) is 3. The van der Waals surface area contributed by atoms with Gasteiger partial charge in [0.2, 0.25) is 0 Å². The molecule has 0 saturated carbocycles. The van der Waals surface area contributed by atoms with E-state index in [9.17, 15) is 4.79 Å². The van der Waals surface area contributed by atoms with Crippen molar-refractivity contribution in [1.82, 2.24) is 14.8 Å². The Morgan fingerprint density at radius 3 is 3.12 bits per heavy atom. The summed E-state index contributed by atoms with van der Waals surface area (Å²) in [4.78, 5) is 14.9. The van der Waals surface area contributed by atoms with Crippen LogP contribution in [0.1, 0.15) is 15.9 Å². The van der Waals surface area contributed by atoms with Crippen molar-refractivity contribution in [2.24, 2.45) is 0 Å². The molecule has 0 bridgehead atoms. The van der Waals surface area contributed by atoms with Gasteiger partial charge >= 0.3 is 0 Å². The van der Waals surface area contributed by atoms with Crippen LogP contribution in [0, 0.1) is 0 Å². The highest BCUT2D eigenvalue weighted by Crippen LogP contribution is 2.14. The van der Waals surface area contributed by atoms with Crippen LogP contribution in [-0.2, 0) is 6.54 Å². The quantitative estimate of drug-likeness (QED) is 0.663. The number of aldehydes is 1. The molecule has 3 rings (SSSR count). The van der Waals surface area contributed by atoms with Crippen molar-refractivity contribution in [3.8, 4) is 0 Å². The lowest BCUT2D eigenvalue weighted by atomic mass is 10.2. The van der Waals surface area contributed by atoms with E-state index in [-0.39, 0.29) is 0 Å². The zero-order chi connectivity index (χ0) is 11.7. The second-order valence-corrected chi connectivity index (χ2v) is 4.51. The van der Waals surface area contributed by atoms with Gasteiger partial charge in [-0.1, -0.05) is 0 Å². The third-order valence-electron chi connectivity index (χ3n) is 2.55. The number of fused-ring (bicyclic) bond motifs is 1. The fourth-order valence-electron chi connectivity index (χ4n) is 1.72. The number of rotatable bonds is 3. The van der Waals surface area contributed by atoms with E-state index in [4.69, 9.17) is 0 Å². The van der Waals surface area contributed by atoms with Crippen LogP contribution in [0.5, 0.6) is 0 Å². The molecular weight excluding hydrogens is 234 g/mol. The van der Waals surface area contributed by atoms with E-state index in [1.807, 2.05) is 10.1 Å². The molecule has 0 aliphatic heterocycles. The molecule has 4 nitrogen and oxygen atoms in total. The van der Waals surface area contributed by atoms with Gasteiger partial charge in [-0.25, -0.2) is 9.67 Å². The molecule has 3 heterocycles. The number of hydrogen-bond donors (Lipinski definition) is 0. The summed E-state index contributed by atoms with van der Waals surface area (Å²) in [6.07, 6.45) is 4.10. The SMILES string of the molecule is O=Cc1cnc2c(cnn2Cc2ccsc2)c1. The first kappa shape index (κ1) is 10.2. The van der Waals surface area contributed by atoms with E-state index in [0.29, 0.717) is 12.1 Å². The van der Waals surface area contributed by atoms with Gasteiger partial charge < -0.3 is 0 Å². The molecule has 0 saturated heterocycles. The minimum atomic E-state index is 0.576. The average Bonchev–Trinajstić information content (AvgIpc) is 2.99. The highest BCUT2D eigenvalue weighted by Gasteiger charge is 2.05. The summed E-state index contributed by atoms with van der Waals surface area (Å²) in [6.45, 7) is 0.709. The maximum absolute atomic E-state index is 10.6. The Kier molecular flexibility index (Phi) is 2.45. The molecule has 0 unspecified atom stereocenters. The summed E-state index contributed by atoms with van der Waals surface area (Å²) in [7, 11) is 0. The third kappa shape index (κ3) is 1.85. The minimum absolute atomic E-state index is 0.576. The van der Waals surface area contributed by atoms with Gasteiger partial charge in [0.25, 0.3) is 0 Å². The van der Waals surface area contributed by atoms with Crippen LogP contribution in [0.25, 0.3) is 11.0 Å². The van der Waals surface area contributed by atoms with E-state index in [1.54, 1.807) is 29.8 Å². The molecule has 0 aliphatic carbocycles. The number of hydrogen-bond acceptors (Lipinski definition) is 4. The molecule has 17 heavy (non-hydrogen) atoms.